The quantitative estimate of drug-likeness (QED) is 0.929. The van der Waals surface area contributed by atoms with E-state index in [1.54, 1.807) is 7.11 Å². The zero-order valence-corrected chi connectivity index (χ0v) is 14.3. The molecule has 1 amide bonds. The third kappa shape index (κ3) is 2.85. The third-order valence-electron chi connectivity index (χ3n) is 5.73. The van der Waals surface area contributed by atoms with Crippen molar-refractivity contribution in [2.24, 2.45) is 11.7 Å². The molecule has 126 valence electrons. The summed E-state index contributed by atoms with van der Waals surface area (Å²) in [5.41, 5.74) is 7.67. The topological polar surface area (TPSA) is 55.6 Å². The van der Waals surface area contributed by atoms with Gasteiger partial charge < -0.3 is 15.4 Å². The van der Waals surface area contributed by atoms with Crippen molar-refractivity contribution in [3.8, 4) is 5.75 Å². The van der Waals surface area contributed by atoms with E-state index in [0.717, 1.165) is 62.1 Å². The first-order valence-electron chi connectivity index (χ1n) is 8.75. The molecule has 0 unspecified atom stereocenters. The first kappa shape index (κ1) is 16.3. The average Bonchev–Trinajstić information content (AvgIpc) is 3.24. The molecule has 3 rings (SSSR count). The van der Waals surface area contributed by atoms with Gasteiger partial charge in [-0.3, -0.25) is 4.79 Å². The van der Waals surface area contributed by atoms with Gasteiger partial charge in [0.05, 0.1) is 12.5 Å². The maximum atomic E-state index is 13.4. The van der Waals surface area contributed by atoms with Gasteiger partial charge >= 0.3 is 0 Å². The van der Waals surface area contributed by atoms with Crippen molar-refractivity contribution < 1.29 is 9.53 Å². The molecule has 4 heteroatoms. The van der Waals surface area contributed by atoms with Crippen molar-refractivity contribution in [1.29, 1.82) is 0 Å². The van der Waals surface area contributed by atoms with Crippen LogP contribution in [0.2, 0.25) is 0 Å². The second-order valence-electron chi connectivity index (χ2n) is 7.12. The second-order valence-corrected chi connectivity index (χ2v) is 7.12. The maximum absolute atomic E-state index is 13.4. The van der Waals surface area contributed by atoms with E-state index in [1.807, 2.05) is 6.92 Å². The SMILES string of the molecule is COc1cc(C2(C(=O)N3CC[C@@H](CN)C3)CCCC2)ccc1C. The monoisotopic (exact) mass is 316 g/mol. The van der Waals surface area contributed by atoms with Gasteiger partial charge in [-0.05, 0) is 55.8 Å². The summed E-state index contributed by atoms with van der Waals surface area (Å²) in [5.74, 6) is 1.64. The van der Waals surface area contributed by atoms with Crippen LogP contribution in [0, 0.1) is 12.8 Å². The molecule has 2 fully saturated rings. The van der Waals surface area contributed by atoms with Crippen LogP contribution in [0.5, 0.6) is 5.75 Å². The molecule has 1 atom stereocenters. The molecule has 1 aromatic rings. The van der Waals surface area contributed by atoms with E-state index in [9.17, 15) is 4.79 Å². The summed E-state index contributed by atoms with van der Waals surface area (Å²) in [6.07, 6.45) is 5.17. The minimum Gasteiger partial charge on any atom is -0.496 e. The molecule has 2 N–H and O–H groups in total. The largest absolute Gasteiger partial charge is 0.496 e. The fraction of sp³-hybridized carbons (Fsp3) is 0.632. The molecule has 1 aromatic carbocycles. The lowest BCUT2D eigenvalue weighted by molar-refractivity contribution is -0.136. The Balaban J connectivity index is 1.92. The van der Waals surface area contributed by atoms with Gasteiger partial charge in [0.25, 0.3) is 0 Å². The lowest BCUT2D eigenvalue weighted by atomic mass is 9.77. The van der Waals surface area contributed by atoms with E-state index in [0.29, 0.717) is 18.4 Å². The highest BCUT2D eigenvalue weighted by Crippen LogP contribution is 2.44. The van der Waals surface area contributed by atoms with Gasteiger partial charge in [0, 0.05) is 13.1 Å². The smallest absolute Gasteiger partial charge is 0.233 e. The van der Waals surface area contributed by atoms with Crippen LogP contribution >= 0.6 is 0 Å². The van der Waals surface area contributed by atoms with E-state index < -0.39 is 0 Å². The van der Waals surface area contributed by atoms with Crippen LogP contribution in [-0.2, 0) is 10.2 Å². The van der Waals surface area contributed by atoms with E-state index in [-0.39, 0.29) is 5.41 Å². The fourth-order valence-corrected chi connectivity index (χ4v) is 4.23. The zero-order chi connectivity index (χ0) is 16.4. The highest BCUT2D eigenvalue weighted by molar-refractivity contribution is 5.89. The number of hydrogen-bond acceptors (Lipinski definition) is 3. The molecule has 0 bridgehead atoms. The molecule has 0 spiro atoms. The Morgan fingerprint density at radius 1 is 1.39 bits per heavy atom. The van der Waals surface area contributed by atoms with Crippen LogP contribution in [0.15, 0.2) is 18.2 Å². The van der Waals surface area contributed by atoms with Crippen LogP contribution < -0.4 is 10.5 Å². The number of benzene rings is 1. The van der Waals surface area contributed by atoms with E-state index >= 15 is 0 Å². The van der Waals surface area contributed by atoms with Gasteiger partial charge in [-0.15, -0.1) is 0 Å². The normalized spacial score (nSPS) is 23.3. The Bertz CT molecular complexity index is 579. The minimum atomic E-state index is -0.357. The first-order valence-corrected chi connectivity index (χ1v) is 8.75. The van der Waals surface area contributed by atoms with Crippen LogP contribution in [0.3, 0.4) is 0 Å². The molecular formula is C19H28N2O2. The highest BCUT2D eigenvalue weighted by Gasteiger charge is 2.46. The van der Waals surface area contributed by atoms with Gasteiger partial charge in [0.2, 0.25) is 5.91 Å². The predicted octanol–water partition coefficient (Wildman–Crippen LogP) is 2.62. The lowest BCUT2D eigenvalue weighted by Gasteiger charge is -2.33. The number of amides is 1. The molecule has 2 aliphatic rings. The summed E-state index contributed by atoms with van der Waals surface area (Å²) in [4.78, 5) is 15.4. The van der Waals surface area contributed by atoms with Crippen molar-refractivity contribution in [2.45, 2.75) is 44.4 Å². The zero-order valence-electron chi connectivity index (χ0n) is 14.3. The number of aryl methyl sites for hydroxylation is 1. The molecule has 0 aromatic heterocycles. The number of nitrogens with two attached hydrogens (primary N) is 1. The second kappa shape index (κ2) is 6.52. The summed E-state index contributed by atoms with van der Waals surface area (Å²) in [6, 6.07) is 6.28. The van der Waals surface area contributed by atoms with E-state index in [2.05, 4.69) is 23.1 Å². The number of nitrogens with zero attached hydrogens (tertiary/aromatic N) is 1. The van der Waals surface area contributed by atoms with Gasteiger partial charge in [0.15, 0.2) is 0 Å². The number of ether oxygens (including phenoxy) is 1. The lowest BCUT2D eigenvalue weighted by Crippen LogP contribution is -2.44. The third-order valence-corrected chi connectivity index (χ3v) is 5.73. The Morgan fingerprint density at radius 2 is 2.13 bits per heavy atom. The Labute approximate surface area is 139 Å². The van der Waals surface area contributed by atoms with Gasteiger partial charge in [-0.25, -0.2) is 0 Å². The van der Waals surface area contributed by atoms with E-state index in [4.69, 9.17) is 10.5 Å². The van der Waals surface area contributed by atoms with Crippen molar-refractivity contribution >= 4 is 5.91 Å². The van der Waals surface area contributed by atoms with Crippen molar-refractivity contribution in [1.82, 2.24) is 4.90 Å². The standard InChI is InChI=1S/C19H28N2O2/c1-14-5-6-16(11-17(14)23-2)19(8-3-4-9-19)18(22)21-10-7-15(12-20)13-21/h5-6,11,15H,3-4,7-10,12-13,20H2,1-2H3/t15-/m0/s1. The fourth-order valence-electron chi connectivity index (χ4n) is 4.23. The van der Waals surface area contributed by atoms with Gasteiger partial charge in [0.1, 0.15) is 5.75 Å². The van der Waals surface area contributed by atoms with Crippen LogP contribution in [0.25, 0.3) is 0 Å². The van der Waals surface area contributed by atoms with Gasteiger partial charge in [-0.2, -0.15) is 0 Å². The summed E-state index contributed by atoms with van der Waals surface area (Å²) in [6.45, 7) is 4.39. The number of carbonyl (C=O) groups excluding carboxylic acids is 1. The number of methoxy groups -OCH3 is 1. The average molecular weight is 316 g/mol. The molecule has 1 aliphatic heterocycles. The van der Waals surface area contributed by atoms with Crippen molar-refractivity contribution in [3.05, 3.63) is 29.3 Å². The molecule has 1 heterocycles. The summed E-state index contributed by atoms with van der Waals surface area (Å²) >= 11 is 0. The van der Waals surface area contributed by atoms with E-state index in [1.165, 1.54) is 0 Å². The Hall–Kier alpha value is -1.55. The maximum Gasteiger partial charge on any atom is 0.233 e. The number of hydrogen-bond donors (Lipinski definition) is 1. The first-order chi connectivity index (χ1) is 11.1. The number of likely N-dealkylation sites (tertiary alicyclic amines) is 1. The van der Waals surface area contributed by atoms with Crippen LogP contribution in [0.1, 0.15) is 43.2 Å². The molecule has 0 radical (unpaired) electrons. The molecule has 1 aliphatic carbocycles. The molecule has 4 nitrogen and oxygen atoms in total. The highest BCUT2D eigenvalue weighted by atomic mass is 16.5. The molecule has 1 saturated carbocycles. The Kier molecular flexibility index (Phi) is 4.62. The summed E-state index contributed by atoms with van der Waals surface area (Å²) in [5, 5.41) is 0. The molecular weight excluding hydrogens is 288 g/mol. The van der Waals surface area contributed by atoms with Crippen molar-refractivity contribution in [2.75, 3.05) is 26.7 Å². The van der Waals surface area contributed by atoms with Crippen LogP contribution in [0.4, 0.5) is 0 Å². The van der Waals surface area contributed by atoms with Crippen LogP contribution in [-0.4, -0.2) is 37.6 Å². The molecule has 23 heavy (non-hydrogen) atoms. The number of carbonyl (C=O) groups is 1. The van der Waals surface area contributed by atoms with Crippen molar-refractivity contribution in [3.63, 3.8) is 0 Å². The minimum absolute atomic E-state index is 0.303. The molecule has 1 saturated heterocycles. The Morgan fingerprint density at radius 3 is 2.74 bits per heavy atom. The van der Waals surface area contributed by atoms with Gasteiger partial charge in [-0.1, -0.05) is 25.0 Å². The summed E-state index contributed by atoms with van der Waals surface area (Å²) < 4.78 is 5.49. The summed E-state index contributed by atoms with van der Waals surface area (Å²) in [7, 11) is 1.70. The predicted molar refractivity (Wildman–Crippen MR) is 91.6 cm³/mol. The number of rotatable bonds is 4.